The summed E-state index contributed by atoms with van der Waals surface area (Å²) in [5.74, 6) is 0.751. The fraction of sp³-hybridized carbons (Fsp3) is 0.381. The molecule has 1 saturated heterocycles. The van der Waals surface area contributed by atoms with Gasteiger partial charge >= 0.3 is 0 Å². The zero-order chi connectivity index (χ0) is 19.4. The van der Waals surface area contributed by atoms with Crippen LogP contribution in [0.1, 0.15) is 28.4 Å². The maximum Gasteiger partial charge on any atom is 0.227 e. The van der Waals surface area contributed by atoms with Crippen LogP contribution in [0.25, 0.3) is 0 Å². The first kappa shape index (κ1) is 19.4. The molecule has 3 rings (SSSR count). The molecule has 1 aliphatic rings. The summed E-state index contributed by atoms with van der Waals surface area (Å²) in [5.41, 5.74) is 2.69. The number of benzene rings is 2. The first-order chi connectivity index (χ1) is 12.9. The maximum absolute atomic E-state index is 12.7. The Hall–Kier alpha value is -2.34. The topological polar surface area (TPSA) is 63.7 Å². The summed E-state index contributed by atoms with van der Waals surface area (Å²) in [6, 6.07) is 15.0. The van der Waals surface area contributed by atoms with Crippen LogP contribution in [-0.4, -0.2) is 45.2 Å². The second kappa shape index (κ2) is 8.13. The quantitative estimate of drug-likeness (QED) is 0.809. The summed E-state index contributed by atoms with van der Waals surface area (Å²) in [6.07, 6.45) is 0.695. The second-order valence-corrected chi connectivity index (χ2v) is 9.22. The average Bonchev–Trinajstić information content (AvgIpc) is 2.80. The van der Waals surface area contributed by atoms with E-state index in [2.05, 4.69) is 0 Å². The van der Waals surface area contributed by atoms with E-state index in [0.717, 1.165) is 22.4 Å². The second-order valence-electron chi connectivity index (χ2n) is 6.92. The van der Waals surface area contributed by atoms with E-state index >= 15 is 0 Å². The Morgan fingerprint density at radius 3 is 2.56 bits per heavy atom. The van der Waals surface area contributed by atoms with Crippen LogP contribution in [-0.2, 0) is 21.1 Å². The SMILES string of the molecule is COc1ccc(CC(=O)N2CCC(c3ccccc3)S(=O)(=O)CC2)cc1C. The number of aryl methyl sites for hydroxylation is 1. The third-order valence-corrected chi connectivity index (χ3v) is 7.21. The highest BCUT2D eigenvalue weighted by molar-refractivity contribution is 7.91. The third-order valence-electron chi connectivity index (χ3n) is 5.08. The molecular weight excluding hydrogens is 362 g/mol. The summed E-state index contributed by atoms with van der Waals surface area (Å²) in [7, 11) is -1.66. The zero-order valence-corrected chi connectivity index (χ0v) is 16.5. The number of carbonyl (C=O) groups excluding carboxylic acids is 1. The molecule has 6 heteroatoms. The lowest BCUT2D eigenvalue weighted by atomic mass is 10.1. The molecule has 1 amide bonds. The highest BCUT2D eigenvalue weighted by Crippen LogP contribution is 2.29. The molecule has 1 atom stereocenters. The Bertz CT molecular complexity index is 909. The van der Waals surface area contributed by atoms with Gasteiger partial charge in [0.25, 0.3) is 0 Å². The van der Waals surface area contributed by atoms with Crippen LogP contribution < -0.4 is 4.74 Å². The van der Waals surface area contributed by atoms with Crippen LogP contribution in [0.4, 0.5) is 0 Å². The van der Waals surface area contributed by atoms with Gasteiger partial charge in [-0.1, -0.05) is 42.5 Å². The zero-order valence-electron chi connectivity index (χ0n) is 15.7. The van der Waals surface area contributed by atoms with Crippen molar-refractivity contribution in [3.63, 3.8) is 0 Å². The molecule has 0 N–H and O–H groups in total. The lowest BCUT2D eigenvalue weighted by molar-refractivity contribution is -0.130. The molecule has 0 bridgehead atoms. The van der Waals surface area contributed by atoms with Crippen molar-refractivity contribution in [2.75, 3.05) is 26.0 Å². The van der Waals surface area contributed by atoms with E-state index in [-0.39, 0.29) is 24.6 Å². The minimum atomic E-state index is -3.28. The molecule has 0 aromatic heterocycles. The van der Waals surface area contributed by atoms with Gasteiger partial charge in [-0.05, 0) is 36.1 Å². The molecule has 1 fully saturated rings. The van der Waals surface area contributed by atoms with Gasteiger partial charge in [-0.25, -0.2) is 8.42 Å². The smallest absolute Gasteiger partial charge is 0.227 e. The van der Waals surface area contributed by atoms with Crippen LogP contribution >= 0.6 is 0 Å². The van der Waals surface area contributed by atoms with Gasteiger partial charge in [0, 0.05) is 13.1 Å². The first-order valence-corrected chi connectivity index (χ1v) is 10.8. The number of nitrogens with zero attached hydrogens (tertiary/aromatic N) is 1. The van der Waals surface area contributed by atoms with E-state index in [9.17, 15) is 13.2 Å². The number of methoxy groups -OCH3 is 1. The Labute approximate surface area is 160 Å². The molecule has 1 unspecified atom stereocenters. The summed E-state index contributed by atoms with van der Waals surface area (Å²) in [6.45, 7) is 2.64. The predicted molar refractivity (Wildman–Crippen MR) is 106 cm³/mol. The van der Waals surface area contributed by atoms with Gasteiger partial charge in [0.1, 0.15) is 5.75 Å². The van der Waals surface area contributed by atoms with Crippen molar-refractivity contribution in [3.05, 3.63) is 65.2 Å². The van der Waals surface area contributed by atoms with Crippen molar-refractivity contribution in [2.24, 2.45) is 0 Å². The summed E-state index contributed by atoms with van der Waals surface area (Å²) >= 11 is 0. The Morgan fingerprint density at radius 2 is 1.89 bits per heavy atom. The van der Waals surface area contributed by atoms with E-state index in [1.807, 2.05) is 55.5 Å². The number of rotatable bonds is 4. The summed E-state index contributed by atoms with van der Waals surface area (Å²) in [5, 5.41) is -0.542. The van der Waals surface area contributed by atoms with Crippen molar-refractivity contribution in [1.82, 2.24) is 4.90 Å². The number of hydrogen-bond acceptors (Lipinski definition) is 4. The fourth-order valence-corrected chi connectivity index (χ4v) is 5.37. The van der Waals surface area contributed by atoms with Crippen molar-refractivity contribution in [2.45, 2.75) is 25.0 Å². The predicted octanol–water partition coefficient (Wildman–Crippen LogP) is 2.93. The van der Waals surface area contributed by atoms with Crippen LogP contribution in [0.5, 0.6) is 5.75 Å². The van der Waals surface area contributed by atoms with E-state index in [4.69, 9.17) is 4.74 Å². The van der Waals surface area contributed by atoms with E-state index in [0.29, 0.717) is 13.0 Å². The minimum absolute atomic E-state index is 0.0000583. The standard InChI is InChI=1S/C21H25NO4S/c1-16-14-17(8-9-19(16)26-2)15-21(23)22-11-10-20(27(24,25)13-12-22)18-6-4-3-5-7-18/h3-9,14,20H,10-13,15H2,1-2H3. The number of sulfone groups is 1. The Kier molecular flexibility index (Phi) is 5.85. The number of ether oxygens (including phenoxy) is 1. The Balaban J connectivity index is 1.71. The van der Waals surface area contributed by atoms with Crippen molar-refractivity contribution in [3.8, 4) is 5.75 Å². The lowest BCUT2D eigenvalue weighted by Crippen LogP contribution is -2.34. The van der Waals surface area contributed by atoms with Gasteiger partial charge in [-0.3, -0.25) is 4.79 Å². The summed E-state index contributed by atoms with van der Waals surface area (Å²) in [4.78, 5) is 14.4. The number of hydrogen-bond donors (Lipinski definition) is 0. The van der Waals surface area contributed by atoms with Crippen molar-refractivity contribution in [1.29, 1.82) is 0 Å². The van der Waals surface area contributed by atoms with E-state index < -0.39 is 15.1 Å². The third kappa shape index (κ3) is 4.50. The Morgan fingerprint density at radius 1 is 1.15 bits per heavy atom. The molecule has 0 radical (unpaired) electrons. The van der Waals surface area contributed by atoms with Gasteiger partial charge in [-0.15, -0.1) is 0 Å². The van der Waals surface area contributed by atoms with E-state index in [1.165, 1.54) is 0 Å². The minimum Gasteiger partial charge on any atom is -0.496 e. The summed E-state index contributed by atoms with van der Waals surface area (Å²) < 4.78 is 30.6. The molecule has 0 aliphatic carbocycles. The van der Waals surface area contributed by atoms with Gasteiger partial charge in [0.05, 0.1) is 24.5 Å². The molecule has 5 nitrogen and oxygen atoms in total. The van der Waals surface area contributed by atoms with Gasteiger partial charge in [0.2, 0.25) is 5.91 Å². The van der Waals surface area contributed by atoms with Gasteiger partial charge in [0.15, 0.2) is 9.84 Å². The molecule has 1 heterocycles. The van der Waals surface area contributed by atoms with Crippen LogP contribution in [0.2, 0.25) is 0 Å². The molecule has 0 spiro atoms. The largest absolute Gasteiger partial charge is 0.496 e. The molecule has 0 saturated carbocycles. The normalized spacial score (nSPS) is 19.3. The molecule has 2 aromatic rings. The van der Waals surface area contributed by atoms with Crippen LogP contribution in [0.3, 0.4) is 0 Å². The average molecular weight is 388 g/mol. The van der Waals surface area contributed by atoms with Crippen LogP contribution in [0.15, 0.2) is 48.5 Å². The molecule has 2 aromatic carbocycles. The molecule has 27 heavy (non-hydrogen) atoms. The highest BCUT2D eigenvalue weighted by atomic mass is 32.2. The monoisotopic (exact) mass is 387 g/mol. The van der Waals surface area contributed by atoms with Gasteiger partial charge < -0.3 is 9.64 Å². The van der Waals surface area contributed by atoms with Crippen molar-refractivity contribution >= 4 is 15.7 Å². The van der Waals surface area contributed by atoms with Gasteiger partial charge in [-0.2, -0.15) is 0 Å². The molecule has 1 aliphatic heterocycles. The highest BCUT2D eigenvalue weighted by Gasteiger charge is 2.32. The number of carbonyl (C=O) groups is 1. The fourth-order valence-electron chi connectivity index (χ4n) is 3.57. The molecular formula is C21H25NO4S. The lowest BCUT2D eigenvalue weighted by Gasteiger charge is -2.20. The van der Waals surface area contributed by atoms with E-state index in [1.54, 1.807) is 12.0 Å². The maximum atomic E-state index is 12.7. The van der Waals surface area contributed by atoms with Crippen LogP contribution in [0, 0.1) is 6.92 Å². The first-order valence-electron chi connectivity index (χ1n) is 9.08. The van der Waals surface area contributed by atoms with Crippen molar-refractivity contribution < 1.29 is 17.9 Å². The number of amides is 1. The molecule has 144 valence electrons.